The molecule has 0 aliphatic carbocycles. The van der Waals surface area contributed by atoms with Gasteiger partial charge in [-0.15, -0.1) is 0 Å². The third-order valence-corrected chi connectivity index (χ3v) is 7.78. The lowest BCUT2D eigenvalue weighted by Crippen LogP contribution is -2.62. The van der Waals surface area contributed by atoms with Gasteiger partial charge in [0.15, 0.2) is 12.0 Å². The zero-order valence-electron chi connectivity index (χ0n) is 23.4. The highest BCUT2D eigenvalue weighted by Crippen LogP contribution is 2.23. The van der Waals surface area contributed by atoms with E-state index in [-0.39, 0.29) is 12.1 Å². The van der Waals surface area contributed by atoms with Gasteiger partial charge in [-0.2, -0.15) is 0 Å². The molecule has 0 spiro atoms. The molecule has 0 fully saturated rings. The third kappa shape index (κ3) is 13.1. The Morgan fingerprint density at radius 2 is 1.35 bits per heavy atom. The molecular formula is C30H58N3O+. The van der Waals surface area contributed by atoms with Crippen LogP contribution in [-0.2, 0) is 4.79 Å². The van der Waals surface area contributed by atoms with Gasteiger partial charge in [0, 0.05) is 20.3 Å². The molecule has 4 nitrogen and oxygen atoms in total. The molecule has 198 valence electrons. The minimum atomic E-state index is 0.0615. The van der Waals surface area contributed by atoms with Crippen molar-refractivity contribution in [3.05, 3.63) is 12.2 Å². The van der Waals surface area contributed by atoms with Crippen LogP contribution in [0.25, 0.3) is 0 Å². The highest BCUT2D eigenvalue weighted by Gasteiger charge is 2.41. The van der Waals surface area contributed by atoms with Gasteiger partial charge in [0.2, 0.25) is 5.91 Å². The first-order valence-electron chi connectivity index (χ1n) is 14.9. The maximum Gasteiger partial charge on any atom is 0.221 e. The molecule has 2 unspecified atom stereocenters. The molecule has 0 saturated carbocycles. The largest absolute Gasteiger partial charge is 0.307 e. The average Bonchev–Trinajstić information content (AvgIpc) is 3.24. The molecule has 2 atom stereocenters. The van der Waals surface area contributed by atoms with Gasteiger partial charge in [0.05, 0.1) is 13.1 Å². The lowest BCUT2D eigenvalue weighted by Gasteiger charge is -2.39. The van der Waals surface area contributed by atoms with Gasteiger partial charge in [0.1, 0.15) is 6.54 Å². The van der Waals surface area contributed by atoms with Crippen LogP contribution in [0.15, 0.2) is 17.1 Å². The van der Waals surface area contributed by atoms with E-state index < -0.39 is 0 Å². The van der Waals surface area contributed by atoms with Gasteiger partial charge in [-0.3, -0.25) is 9.28 Å². The predicted molar refractivity (Wildman–Crippen MR) is 149 cm³/mol. The number of carbonyl (C=O) groups excluding carboxylic acids is 1. The fraction of sp³-hybridized carbons (Fsp3) is 0.867. The number of amides is 1. The number of carbonyl (C=O) groups is 1. The maximum absolute atomic E-state index is 11.6. The first kappa shape index (κ1) is 30.9. The smallest absolute Gasteiger partial charge is 0.221 e. The summed E-state index contributed by atoms with van der Waals surface area (Å²) in [4.78, 5) is 16.4. The standard InChI is InChI=1S/C30H57N3O/c1-5-7-8-9-10-11-12-13-14-15-16-17-18-19-20-21-22-23-24-25-30-31-26-27-33(30,6-2)28(3)32-29(4)34/h5,7,28H,6,8-27H2,1-4H3/p+1/b7-5+. The average molecular weight is 477 g/mol. The van der Waals surface area contributed by atoms with Gasteiger partial charge in [-0.1, -0.05) is 102 Å². The van der Waals surface area contributed by atoms with E-state index in [2.05, 4.69) is 38.2 Å². The van der Waals surface area contributed by atoms with Crippen molar-refractivity contribution < 1.29 is 9.28 Å². The SMILES string of the molecule is C/C=C/CCCCCCCCCCCCCCCCCCC1=NCC[N+]1(CC)C(C)NC(C)=O. The van der Waals surface area contributed by atoms with E-state index in [9.17, 15) is 4.79 Å². The summed E-state index contributed by atoms with van der Waals surface area (Å²) in [5, 5.41) is 3.12. The van der Waals surface area contributed by atoms with Crippen molar-refractivity contribution >= 4 is 11.7 Å². The number of aliphatic imine (C=N–C) groups is 1. The normalized spacial score (nSPS) is 19.0. The van der Waals surface area contributed by atoms with E-state index in [0.717, 1.165) is 30.5 Å². The molecule has 0 aromatic rings. The second-order valence-electron chi connectivity index (χ2n) is 10.5. The zero-order chi connectivity index (χ0) is 24.9. The van der Waals surface area contributed by atoms with Gasteiger partial charge < -0.3 is 5.32 Å². The van der Waals surface area contributed by atoms with Crippen molar-refractivity contribution in [3.8, 4) is 0 Å². The van der Waals surface area contributed by atoms with Crippen molar-refractivity contribution in [2.24, 2.45) is 4.99 Å². The third-order valence-electron chi connectivity index (χ3n) is 7.78. The number of nitrogens with zero attached hydrogens (tertiary/aromatic N) is 2. The van der Waals surface area contributed by atoms with Crippen molar-refractivity contribution in [1.29, 1.82) is 0 Å². The van der Waals surface area contributed by atoms with Gasteiger partial charge in [-0.25, -0.2) is 4.99 Å². The number of allylic oxidation sites excluding steroid dienone is 2. The first-order chi connectivity index (χ1) is 16.6. The summed E-state index contributed by atoms with van der Waals surface area (Å²) in [6, 6.07) is 0. The van der Waals surface area contributed by atoms with Crippen LogP contribution in [0.4, 0.5) is 0 Å². The van der Waals surface area contributed by atoms with Crippen LogP contribution in [0.2, 0.25) is 0 Å². The molecule has 1 rings (SSSR count). The summed E-state index contributed by atoms with van der Waals surface area (Å²) in [6.07, 6.45) is 29.4. The first-order valence-corrected chi connectivity index (χ1v) is 14.9. The molecule has 34 heavy (non-hydrogen) atoms. The molecule has 1 amide bonds. The van der Waals surface area contributed by atoms with Crippen LogP contribution in [0.1, 0.15) is 143 Å². The minimum Gasteiger partial charge on any atom is -0.307 e. The molecular weight excluding hydrogens is 418 g/mol. The molecule has 0 aromatic heterocycles. The number of hydrogen-bond acceptors (Lipinski definition) is 2. The molecule has 4 heteroatoms. The molecule has 1 heterocycles. The lowest BCUT2D eigenvalue weighted by atomic mass is 10.0. The topological polar surface area (TPSA) is 41.5 Å². The number of nitrogens with one attached hydrogen (secondary N) is 1. The molecule has 0 bridgehead atoms. The van der Waals surface area contributed by atoms with Crippen molar-refractivity contribution in [2.45, 2.75) is 149 Å². The monoisotopic (exact) mass is 476 g/mol. The van der Waals surface area contributed by atoms with Crippen molar-refractivity contribution in [1.82, 2.24) is 5.32 Å². The summed E-state index contributed by atoms with van der Waals surface area (Å²) in [6.45, 7) is 11.1. The zero-order valence-corrected chi connectivity index (χ0v) is 23.4. The quantitative estimate of drug-likeness (QED) is 0.0952. The highest BCUT2D eigenvalue weighted by atomic mass is 16.1. The number of unbranched alkanes of at least 4 members (excludes halogenated alkanes) is 16. The molecule has 0 saturated heterocycles. The van der Waals surface area contributed by atoms with E-state index in [0.29, 0.717) is 0 Å². The van der Waals surface area contributed by atoms with E-state index in [1.165, 1.54) is 115 Å². The van der Waals surface area contributed by atoms with Crippen LogP contribution in [-0.4, -0.2) is 42.0 Å². The van der Waals surface area contributed by atoms with E-state index in [4.69, 9.17) is 4.99 Å². The maximum atomic E-state index is 11.6. The molecule has 0 aromatic carbocycles. The Morgan fingerprint density at radius 1 is 0.882 bits per heavy atom. The second kappa shape index (κ2) is 20.1. The summed E-state index contributed by atoms with van der Waals surface area (Å²) in [5.74, 6) is 1.37. The lowest BCUT2D eigenvalue weighted by molar-refractivity contribution is -0.861. The van der Waals surface area contributed by atoms with E-state index in [1.54, 1.807) is 6.92 Å². The van der Waals surface area contributed by atoms with Crippen LogP contribution in [0.3, 0.4) is 0 Å². The predicted octanol–water partition coefficient (Wildman–Crippen LogP) is 8.32. The number of amidine groups is 1. The Bertz CT molecular complexity index is 571. The van der Waals surface area contributed by atoms with Gasteiger partial charge >= 0.3 is 0 Å². The van der Waals surface area contributed by atoms with Crippen molar-refractivity contribution in [3.63, 3.8) is 0 Å². The molecule has 1 aliphatic rings. The second-order valence-corrected chi connectivity index (χ2v) is 10.5. The minimum absolute atomic E-state index is 0.0615. The van der Waals surface area contributed by atoms with Crippen LogP contribution in [0.5, 0.6) is 0 Å². The van der Waals surface area contributed by atoms with E-state index >= 15 is 0 Å². The van der Waals surface area contributed by atoms with Gasteiger partial charge in [-0.05, 0) is 33.1 Å². The summed E-state index contributed by atoms with van der Waals surface area (Å²) < 4.78 is 0.858. The van der Waals surface area contributed by atoms with Crippen LogP contribution in [0, 0.1) is 0 Å². The Hall–Kier alpha value is -1.16. The Balaban J connectivity index is 1.93. The van der Waals surface area contributed by atoms with Crippen molar-refractivity contribution in [2.75, 3.05) is 19.6 Å². The Morgan fingerprint density at radius 3 is 1.79 bits per heavy atom. The number of quaternary nitrogens is 1. The molecule has 1 aliphatic heterocycles. The highest BCUT2D eigenvalue weighted by molar-refractivity contribution is 5.78. The summed E-state index contributed by atoms with van der Waals surface area (Å²) in [7, 11) is 0. The number of hydrogen-bond donors (Lipinski definition) is 1. The van der Waals surface area contributed by atoms with Crippen LogP contribution < -0.4 is 5.32 Å². The van der Waals surface area contributed by atoms with Crippen LogP contribution >= 0.6 is 0 Å². The van der Waals surface area contributed by atoms with Gasteiger partial charge in [0.25, 0.3) is 0 Å². The molecule has 1 N–H and O–H groups in total. The summed E-state index contributed by atoms with van der Waals surface area (Å²) >= 11 is 0. The number of rotatable bonds is 22. The Labute approximate surface area is 212 Å². The fourth-order valence-electron chi connectivity index (χ4n) is 5.57. The molecule has 0 radical (unpaired) electrons. The summed E-state index contributed by atoms with van der Waals surface area (Å²) in [5.41, 5.74) is 0. The fourth-order valence-corrected chi connectivity index (χ4v) is 5.57. The Kier molecular flexibility index (Phi) is 18.2. The van der Waals surface area contributed by atoms with E-state index in [1.807, 2.05) is 0 Å². The number of likely N-dealkylation sites (N-methyl/N-ethyl adjacent to an activating group) is 1.